The van der Waals surface area contributed by atoms with Crippen LogP contribution in [-0.4, -0.2) is 31.1 Å². The third kappa shape index (κ3) is 5.19. The van der Waals surface area contributed by atoms with Gasteiger partial charge in [0.2, 0.25) is 0 Å². The van der Waals surface area contributed by atoms with Crippen molar-refractivity contribution in [2.24, 2.45) is 11.8 Å². The van der Waals surface area contributed by atoms with Crippen LogP contribution in [-0.2, 0) is 6.54 Å². The van der Waals surface area contributed by atoms with E-state index >= 15 is 0 Å². The first-order chi connectivity index (χ1) is 9.65. The van der Waals surface area contributed by atoms with Crippen molar-refractivity contribution in [3.63, 3.8) is 0 Å². The first-order valence-corrected chi connectivity index (χ1v) is 8.61. The number of nitrogens with zero attached hydrogens (tertiary/aromatic N) is 1. The van der Waals surface area contributed by atoms with Gasteiger partial charge in [0.15, 0.2) is 0 Å². The maximum Gasteiger partial charge on any atom is 0.0244 e. The number of halogens is 1. The average molecular weight is 339 g/mol. The number of piperidine rings is 1. The van der Waals surface area contributed by atoms with E-state index in [4.69, 9.17) is 0 Å². The Hall–Kier alpha value is -0.380. The van der Waals surface area contributed by atoms with Gasteiger partial charge in [-0.15, -0.1) is 0 Å². The van der Waals surface area contributed by atoms with Gasteiger partial charge in [0, 0.05) is 11.0 Å². The molecule has 0 aliphatic carbocycles. The minimum absolute atomic E-state index is 0.755. The molecule has 1 fully saturated rings. The number of likely N-dealkylation sites (tertiary alicyclic amines) is 1. The molecule has 1 aliphatic heterocycles. The fourth-order valence-corrected chi connectivity index (χ4v) is 3.20. The highest BCUT2D eigenvalue weighted by Gasteiger charge is 2.19. The molecule has 1 aromatic carbocycles. The summed E-state index contributed by atoms with van der Waals surface area (Å²) in [6.07, 6.45) is 2.66. The van der Waals surface area contributed by atoms with Crippen molar-refractivity contribution >= 4 is 15.9 Å². The smallest absolute Gasteiger partial charge is 0.0244 e. The van der Waals surface area contributed by atoms with Gasteiger partial charge >= 0.3 is 0 Å². The van der Waals surface area contributed by atoms with Gasteiger partial charge in [0.05, 0.1) is 0 Å². The number of rotatable bonds is 6. The summed E-state index contributed by atoms with van der Waals surface area (Å²) in [5.41, 5.74) is 1.41. The number of hydrogen-bond acceptors (Lipinski definition) is 2. The molecule has 1 heterocycles. The largest absolute Gasteiger partial charge is 0.316 e. The van der Waals surface area contributed by atoms with E-state index in [1.165, 1.54) is 42.5 Å². The molecule has 1 saturated heterocycles. The Labute approximate surface area is 132 Å². The second-order valence-corrected chi connectivity index (χ2v) is 7.22. The fourth-order valence-electron chi connectivity index (χ4n) is 2.79. The van der Waals surface area contributed by atoms with E-state index in [0.717, 1.165) is 24.9 Å². The molecule has 0 aromatic heterocycles. The van der Waals surface area contributed by atoms with Crippen molar-refractivity contribution in [3.05, 3.63) is 34.3 Å². The van der Waals surface area contributed by atoms with Crippen LogP contribution >= 0.6 is 15.9 Å². The van der Waals surface area contributed by atoms with Crippen LogP contribution in [0.3, 0.4) is 0 Å². The molecule has 0 atom stereocenters. The van der Waals surface area contributed by atoms with Gasteiger partial charge < -0.3 is 5.32 Å². The van der Waals surface area contributed by atoms with Gasteiger partial charge in [-0.1, -0.05) is 48.0 Å². The molecule has 1 N–H and O–H groups in total. The molecule has 0 unspecified atom stereocenters. The van der Waals surface area contributed by atoms with Gasteiger partial charge in [0.25, 0.3) is 0 Å². The first kappa shape index (κ1) is 16.0. The second kappa shape index (κ2) is 8.16. The van der Waals surface area contributed by atoms with Crippen LogP contribution in [0.4, 0.5) is 0 Å². The molecule has 112 valence electrons. The second-order valence-electron chi connectivity index (χ2n) is 6.36. The standard InChI is InChI=1S/C17H27BrN2/c1-14(2)11-19-12-15-7-9-20(10-8-15)13-16-5-3-4-6-17(16)18/h3-6,14-15,19H,7-13H2,1-2H3. The Balaban J connectivity index is 1.70. The van der Waals surface area contributed by atoms with E-state index in [1.807, 2.05) is 0 Å². The van der Waals surface area contributed by atoms with Crippen molar-refractivity contribution in [2.45, 2.75) is 33.2 Å². The van der Waals surface area contributed by atoms with Crippen LogP contribution in [0.15, 0.2) is 28.7 Å². The van der Waals surface area contributed by atoms with E-state index in [1.54, 1.807) is 0 Å². The molecule has 2 nitrogen and oxygen atoms in total. The van der Waals surface area contributed by atoms with Gasteiger partial charge in [-0.3, -0.25) is 4.90 Å². The lowest BCUT2D eigenvalue weighted by molar-refractivity contribution is 0.174. The lowest BCUT2D eigenvalue weighted by Crippen LogP contribution is -2.37. The molecular weight excluding hydrogens is 312 g/mol. The monoisotopic (exact) mass is 338 g/mol. The zero-order valence-corrected chi connectivity index (χ0v) is 14.3. The molecule has 1 aromatic rings. The molecule has 0 radical (unpaired) electrons. The minimum atomic E-state index is 0.755. The Morgan fingerprint density at radius 1 is 1.25 bits per heavy atom. The van der Waals surface area contributed by atoms with E-state index in [0.29, 0.717) is 0 Å². The quantitative estimate of drug-likeness (QED) is 0.845. The molecule has 20 heavy (non-hydrogen) atoms. The van der Waals surface area contributed by atoms with Gasteiger partial charge in [0.1, 0.15) is 0 Å². The Morgan fingerprint density at radius 3 is 2.60 bits per heavy atom. The van der Waals surface area contributed by atoms with Gasteiger partial charge in [-0.2, -0.15) is 0 Å². The summed E-state index contributed by atoms with van der Waals surface area (Å²) in [5.74, 6) is 1.62. The van der Waals surface area contributed by atoms with Crippen molar-refractivity contribution in [1.82, 2.24) is 10.2 Å². The van der Waals surface area contributed by atoms with Crippen molar-refractivity contribution in [2.75, 3.05) is 26.2 Å². The highest BCUT2D eigenvalue weighted by atomic mass is 79.9. The lowest BCUT2D eigenvalue weighted by atomic mass is 9.96. The molecular formula is C17H27BrN2. The average Bonchev–Trinajstić information content (AvgIpc) is 2.43. The predicted octanol–water partition coefficient (Wildman–Crippen LogP) is 3.91. The number of hydrogen-bond donors (Lipinski definition) is 1. The summed E-state index contributed by atoms with van der Waals surface area (Å²) in [6.45, 7) is 10.4. The summed E-state index contributed by atoms with van der Waals surface area (Å²) in [7, 11) is 0. The zero-order chi connectivity index (χ0) is 14.4. The van der Waals surface area contributed by atoms with E-state index < -0.39 is 0 Å². The molecule has 0 amide bonds. The first-order valence-electron chi connectivity index (χ1n) is 7.81. The molecule has 2 rings (SSSR count). The Bertz CT molecular complexity index is 398. The van der Waals surface area contributed by atoms with Crippen LogP contribution in [0.1, 0.15) is 32.3 Å². The van der Waals surface area contributed by atoms with Crippen molar-refractivity contribution in [3.8, 4) is 0 Å². The molecule has 0 bridgehead atoms. The summed E-state index contributed by atoms with van der Waals surface area (Å²) in [6, 6.07) is 8.57. The lowest BCUT2D eigenvalue weighted by Gasteiger charge is -2.32. The van der Waals surface area contributed by atoms with Crippen LogP contribution in [0.2, 0.25) is 0 Å². The normalized spacial score (nSPS) is 17.8. The van der Waals surface area contributed by atoms with Gasteiger partial charge in [-0.25, -0.2) is 0 Å². The van der Waals surface area contributed by atoms with Crippen LogP contribution in [0.25, 0.3) is 0 Å². The van der Waals surface area contributed by atoms with E-state index in [2.05, 4.69) is 64.3 Å². The van der Waals surface area contributed by atoms with E-state index in [9.17, 15) is 0 Å². The molecule has 0 saturated carbocycles. The SMILES string of the molecule is CC(C)CNCC1CCN(Cc2ccccc2Br)CC1. The molecule has 3 heteroatoms. The highest BCUT2D eigenvalue weighted by Crippen LogP contribution is 2.22. The van der Waals surface area contributed by atoms with Crippen molar-refractivity contribution < 1.29 is 0 Å². The van der Waals surface area contributed by atoms with Gasteiger partial charge in [-0.05, 0) is 62.5 Å². The summed E-state index contributed by atoms with van der Waals surface area (Å²) >= 11 is 3.65. The highest BCUT2D eigenvalue weighted by molar-refractivity contribution is 9.10. The third-order valence-corrected chi connectivity index (χ3v) is 4.82. The van der Waals surface area contributed by atoms with Crippen LogP contribution < -0.4 is 5.32 Å². The maximum atomic E-state index is 3.65. The summed E-state index contributed by atoms with van der Waals surface area (Å²) in [4.78, 5) is 2.58. The third-order valence-electron chi connectivity index (χ3n) is 4.04. The topological polar surface area (TPSA) is 15.3 Å². The van der Waals surface area contributed by atoms with E-state index in [-0.39, 0.29) is 0 Å². The van der Waals surface area contributed by atoms with Crippen LogP contribution in [0, 0.1) is 11.8 Å². The summed E-state index contributed by atoms with van der Waals surface area (Å²) < 4.78 is 1.24. The fraction of sp³-hybridized carbons (Fsp3) is 0.647. The maximum absolute atomic E-state index is 3.65. The molecule has 0 spiro atoms. The summed E-state index contributed by atoms with van der Waals surface area (Å²) in [5, 5.41) is 3.60. The molecule has 1 aliphatic rings. The van der Waals surface area contributed by atoms with Crippen LogP contribution in [0.5, 0.6) is 0 Å². The predicted molar refractivity (Wildman–Crippen MR) is 89.9 cm³/mol. The Morgan fingerprint density at radius 2 is 1.95 bits per heavy atom. The van der Waals surface area contributed by atoms with Crippen molar-refractivity contribution in [1.29, 1.82) is 0 Å². The minimum Gasteiger partial charge on any atom is -0.316 e. The number of nitrogens with one attached hydrogen (secondary N) is 1. The zero-order valence-electron chi connectivity index (χ0n) is 12.7. The Kier molecular flexibility index (Phi) is 6.53. The number of benzene rings is 1.